The Morgan fingerprint density at radius 3 is 2.68 bits per heavy atom. The Balaban J connectivity index is 1.64. The maximum absolute atomic E-state index is 13.3. The van der Waals surface area contributed by atoms with Crippen molar-refractivity contribution in [2.75, 3.05) is 5.32 Å². The minimum absolute atomic E-state index is 0.0847. The lowest BCUT2D eigenvalue weighted by atomic mass is 10.1. The van der Waals surface area contributed by atoms with Crippen molar-refractivity contribution in [3.63, 3.8) is 0 Å². The predicted octanol–water partition coefficient (Wildman–Crippen LogP) is 4.54. The molecule has 3 aromatic rings. The number of anilines is 1. The fraction of sp³-hybridized carbons (Fsp3) is 0.0952. The molecular weight excluding hydrogens is 361 g/mol. The van der Waals surface area contributed by atoms with E-state index in [1.807, 2.05) is 0 Å². The SMILES string of the molecule is CC(=O)c1cccc(NC(=O)NCc2cccnc2Oc2cccc(F)c2)c1. The molecule has 0 atom stereocenters. The first-order chi connectivity index (χ1) is 13.5. The topological polar surface area (TPSA) is 80.3 Å². The van der Waals surface area contributed by atoms with Gasteiger partial charge in [-0.15, -0.1) is 0 Å². The number of nitrogens with zero attached hydrogens (tertiary/aromatic N) is 1. The normalized spacial score (nSPS) is 10.2. The zero-order chi connectivity index (χ0) is 19.9. The number of carbonyl (C=O) groups is 2. The minimum atomic E-state index is -0.443. The van der Waals surface area contributed by atoms with Gasteiger partial charge in [0.1, 0.15) is 11.6 Å². The molecule has 0 bridgehead atoms. The van der Waals surface area contributed by atoms with E-state index in [0.29, 0.717) is 22.6 Å². The lowest BCUT2D eigenvalue weighted by molar-refractivity contribution is 0.101. The average molecular weight is 379 g/mol. The van der Waals surface area contributed by atoms with Crippen LogP contribution < -0.4 is 15.4 Å². The molecule has 0 unspecified atom stereocenters. The van der Waals surface area contributed by atoms with E-state index in [1.54, 1.807) is 48.7 Å². The summed E-state index contributed by atoms with van der Waals surface area (Å²) < 4.78 is 18.9. The molecule has 142 valence electrons. The van der Waals surface area contributed by atoms with Gasteiger partial charge in [-0.2, -0.15) is 0 Å². The maximum atomic E-state index is 13.3. The molecular formula is C21H18FN3O3. The number of hydrogen-bond donors (Lipinski definition) is 2. The summed E-state index contributed by atoms with van der Waals surface area (Å²) in [7, 11) is 0. The number of aromatic nitrogens is 1. The predicted molar refractivity (Wildman–Crippen MR) is 103 cm³/mol. The number of ketones is 1. The van der Waals surface area contributed by atoms with Crippen molar-refractivity contribution < 1.29 is 18.7 Å². The fourth-order valence-electron chi connectivity index (χ4n) is 2.46. The van der Waals surface area contributed by atoms with Crippen molar-refractivity contribution in [3.8, 4) is 11.6 Å². The van der Waals surface area contributed by atoms with Gasteiger partial charge in [0, 0.05) is 35.6 Å². The largest absolute Gasteiger partial charge is 0.439 e. The van der Waals surface area contributed by atoms with Crippen LogP contribution in [0.4, 0.5) is 14.9 Å². The first-order valence-electron chi connectivity index (χ1n) is 8.54. The number of pyridine rings is 1. The van der Waals surface area contributed by atoms with E-state index in [2.05, 4.69) is 15.6 Å². The van der Waals surface area contributed by atoms with Crippen LogP contribution in [0.15, 0.2) is 66.9 Å². The van der Waals surface area contributed by atoms with Gasteiger partial charge >= 0.3 is 6.03 Å². The third-order valence-electron chi connectivity index (χ3n) is 3.83. The molecule has 0 fully saturated rings. The molecule has 2 amide bonds. The number of halogens is 1. The molecule has 6 nitrogen and oxygen atoms in total. The van der Waals surface area contributed by atoms with Crippen molar-refractivity contribution in [1.82, 2.24) is 10.3 Å². The Kier molecular flexibility index (Phi) is 5.96. The second kappa shape index (κ2) is 8.77. The summed E-state index contributed by atoms with van der Waals surface area (Å²) in [6.45, 7) is 1.61. The number of carbonyl (C=O) groups excluding carboxylic acids is 2. The standard InChI is InChI=1S/C21H18FN3O3/c1-14(26)15-5-2-8-18(11-15)25-21(27)24-13-16-6-4-10-23-20(16)28-19-9-3-7-17(22)12-19/h2-12H,13H2,1H3,(H2,24,25,27). The van der Waals surface area contributed by atoms with E-state index in [9.17, 15) is 14.0 Å². The van der Waals surface area contributed by atoms with Crippen LogP contribution in [0.1, 0.15) is 22.8 Å². The smallest absolute Gasteiger partial charge is 0.319 e. The van der Waals surface area contributed by atoms with Crippen LogP contribution in [-0.4, -0.2) is 16.8 Å². The molecule has 0 aliphatic carbocycles. The Morgan fingerprint density at radius 1 is 1.07 bits per heavy atom. The van der Waals surface area contributed by atoms with Crippen molar-refractivity contribution in [2.24, 2.45) is 0 Å². The highest BCUT2D eigenvalue weighted by Gasteiger charge is 2.09. The number of urea groups is 1. The quantitative estimate of drug-likeness (QED) is 0.616. The van der Waals surface area contributed by atoms with Gasteiger partial charge in [-0.25, -0.2) is 14.2 Å². The van der Waals surface area contributed by atoms with Crippen LogP contribution in [-0.2, 0) is 6.54 Å². The summed E-state index contributed by atoms with van der Waals surface area (Å²) in [6.07, 6.45) is 1.55. The van der Waals surface area contributed by atoms with E-state index >= 15 is 0 Å². The second-order valence-corrected chi connectivity index (χ2v) is 5.97. The van der Waals surface area contributed by atoms with Gasteiger partial charge < -0.3 is 15.4 Å². The zero-order valence-corrected chi connectivity index (χ0v) is 15.1. The van der Waals surface area contributed by atoms with Crippen LogP contribution in [0.5, 0.6) is 11.6 Å². The molecule has 1 aromatic heterocycles. The van der Waals surface area contributed by atoms with Crippen molar-refractivity contribution in [1.29, 1.82) is 0 Å². The van der Waals surface area contributed by atoms with Gasteiger partial charge in [0.15, 0.2) is 5.78 Å². The first-order valence-corrected chi connectivity index (χ1v) is 8.54. The minimum Gasteiger partial charge on any atom is -0.439 e. The highest BCUT2D eigenvalue weighted by molar-refractivity contribution is 5.96. The lowest BCUT2D eigenvalue weighted by Crippen LogP contribution is -2.28. The Bertz CT molecular complexity index is 1010. The van der Waals surface area contributed by atoms with Crippen LogP contribution in [0, 0.1) is 5.82 Å². The van der Waals surface area contributed by atoms with Crippen LogP contribution in [0.25, 0.3) is 0 Å². The summed E-state index contributed by atoms with van der Waals surface area (Å²) in [4.78, 5) is 27.7. The van der Waals surface area contributed by atoms with E-state index in [1.165, 1.54) is 25.1 Å². The monoisotopic (exact) mass is 379 g/mol. The van der Waals surface area contributed by atoms with E-state index in [-0.39, 0.29) is 18.2 Å². The summed E-state index contributed by atoms with van der Waals surface area (Å²) >= 11 is 0. The molecule has 0 aliphatic heterocycles. The molecule has 7 heteroatoms. The Hall–Kier alpha value is -3.74. The fourth-order valence-corrected chi connectivity index (χ4v) is 2.46. The van der Waals surface area contributed by atoms with Gasteiger partial charge in [-0.3, -0.25) is 4.79 Å². The number of benzene rings is 2. The molecule has 3 rings (SSSR count). The molecule has 0 radical (unpaired) electrons. The molecule has 0 spiro atoms. The number of ether oxygens (including phenoxy) is 1. The van der Waals surface area contributed by atoms with Gasteiger partial charge in [-0.1, -0.05) is 24.3 Å². The second-order valence-electron chi connectivity index (χ2n) is 5.97. The number of hydrogen-bond acceptors (Lipinski definition) is 4. The van der Waals surface area contributed by atoms with Crippen LogP contribution in [0.2, 0.25) is 0 Å². The third kappa shape index (κ3) is 5.14. The van der Waals surface area contributed by atoms with Gasteiger partial charge in [0.25, 0.3) is 0 Å². The summed E-state index contributed by atoms with van der Waals surface area (Å²) in [5.41, 5.74) is 1.64. The van der Waals surface area contributed by atoms with Crippen molar-refractivity contribution >= 4 is 17.5 Å². The molecule has 2 aromatic carbocycles. The maximum Gasteiger partial charge on any atom is 0.319 e. The lowest BCUT2D eigenvalue weighted by Gasteiger charge is -2.12. The van der Waals surface area contributed by atoms with Gasteiger partial charge in [-0.05, 0) is 37.3 Å². The van der Waals surface area contributed by atoms with Crippen LogP contribution in [0.3, 0.4) is 0 Å². The molecule has 0 aliphatic rings. The summed E-state index contributed by atoms with van der Waals surface area (Å²) in [6, 6.07) is 15.4. The zero-order valence-electron chi connectivity index (χ0n) is 15.1. The number of rotatable bonds is 6. The molecule has 2 N–H and O–H groups in total. The van der Waals surface area contributed by atoms with E-state index in [4.69, 9.17) is 4.74 Å². The Labute approximate surface area is 161 Å². The summed E-state index contributed by atoms with van der Waals surface area (Å²) in [5, 5.41) is 5.38. The van der Waals surface area contributed by atoms with Crippen molar-refractivity contribution in [2.45, 2.75) is 13.5 Å². The molecule has 1 heterocycles. The highest BCUT2D eigenvalue weighted by Crippen LogP contribution is 2.23. The van der Waals surface area contributed by atoms with Crippen LogP contribution >= 0.6 is 0 Å². The van der Waals surface area contributed by atoms with E-state index < -0.39 is 11.8 Å². The van der Waals surface area contributed by atoms with Crippen molar-refractivity contribution in [3.05, 3.63) is 83.8 Å². The highest BCUT2D eigenvalue weighted by atomic mass is 19.1. The third-order valence-corrected chi connectivity index (χ3v) is 3.83. The van der Waals surface area contributed by atoms with Gasteiger partial charge in [0.05, 0.1) is 0 Å². The summed E-state index contributed by atoms with van der Waals surface area (Å²) in [5.74, 6) is 0.0799. The molecule has 0 saturated heterocycles. The molecule has 0 saturated carbocycles. The molecule has 28 heavy (non-hydrogen) atoms. The number of amides is 2. The Morgan fingerprint density at radius 2 is 1.89 bits per heavy atom. The number of nitrogens with one attached hydrogen (secondary N) is 2. The number of Topliss-reactive ketones (excluding diaryl/α,β-unsaturated/α-hetero) is 1. The average Bonchev–Trinajstić information content (AvgIpc) is 2.67. The first kappa shape index (κ1) is 19.0. The van der Waals surface area contributed by atoms with Gasteiger partial charge in [0.2, 0.25) is 5.88 Å². The van der Waals surface area contributed by atoms with E-state index in [0.717, 1.165) is 0 Å².